The van der Waals surface area contributed by atoms with E-state index in [0.717, 1.165) is 10.8 Å². The van der Waals surface area contributed by atoms with Crippen LogP contribution in [0.3, 0.4) is 0 Å². The second-order valence-corrected chi connectivity index (χ2v) is 14.2. The smallest absolute Gasteiger partial charge is 0.251 e. The van der Waals surface area contributed by atoms with Gasteiger partial charge in [0.2, 0.25) is 23.6 Å². The monoisotopic (exact) mass is 788 g/mol. The summed E-state index contributed by atoms with van der Waals surface area (Å²) in [5, 5.41) is 15.9. The number of carbonyl (C=O) groups is 5. The maximum absolute atomic E-state index is 14.0. The molecule has 4 atom stereocenters. The van der Waals surface area contributed by atoms with Crippen molar-refractivity contribution >= 4 is 52.0 Å². The molecule has 3 rings (SSSR count). The summed E-state index contributed by atoms with van der Waals surface area (Å²) in [5.74, 6) is -2.52. The summed E-state index contributed by atoms with van der Waals surface area (Å²) in [5.41, 5.74) is 23.4. The molecular weight excluding hydrogens is 729 g/mol. The fourth-order valence-electron chi connectivity index (χ4n) is 6.20. The van der Waals surface area contributed by atoms with Crippen LogP contribution in [-0.2, 0) is 19.2 Å². The van der Waals surface area contributed by atoms with Crippen LogP contribution < -0.4 is 54.3 Å². The van der Waals surface area contributed by atoms with E-state index in [1.165, 1.54) is 0 Å². The number of fused-ring (bicyclic) bond motifs is 1. The van der Waals surface area contributed by atoms with Gasteiger partial charge in [-0.1, -0.05) is 56.3 Å². The molecule has 3 aromatic carbocycles. The molecule has 16 heteroatoms. The van der Waals surface area contributed by atoms with Gasteiger partial charge in [-0.25, -0.2) is 0 Å². The predicted octanol–water partition coefficient (Wildman–Crippen LogP) is 2.01. The molecule has 0 unspecified atom stereocenters. The zero-order valence-electron chi connectivity index (χ0n) is 33.2. The summed E-state index contributed by atoms with van der Waals surface area (Å²) in [6.45, 7) is 4.55. The van der Waals surface area contributed by atoms with Gasteiger partial charge in [-0.05, 0) is 94.0 Å². The Labute approximate surface area is 334 Å². The Morgan fingerprint density at radius 3 is 1.77 bits per heavy atom. The number of benzene rings is 3. The largest absolute Gasteiger partial charge is 0.496 e. The number of ether oxygens (including phenoxy) is 1. The van der Waals surface area contributed by atoms with Crippen molar-refractivity contribution in [3.63, 3.8) is 0 Å². The topological polar surface area (TPSA) is 271 Å². The van der Waals surface area contributed by atoms with Crippen molar-refractivity contribution in [1.29, 1.82) is 0 Å². The third-order valence-corrected chi connectivity index (χ3v) is 9.32. The van der Waals surface area contributed by atoms with Gasteiger partial charge in [-0.15, -0.1) is 0 Å². The lowest BCUT2D eigenvalue weighted by Gasteiger charge is -2.27. The van der Waals surface area contributed by atoms with E-state index in [0.29, 0.717) is 62.2 Å². The first-order chi connectivity index (χ1) is 27.4. The van der Waals surface area contributed by atoms with Gasteiger partial charge in [0.1, 0.15) is 29.9 Å². The van der Waals surface area contributed by atoms with Gasteiger partial charge in [-0.3, -0.25) is 29.0 Å². The van der Waals surface area contributed by atoms with Crippen molar-refractivity contribution in [1.82, 2.24) is 21.3 Å². The SMILES string of the molecule is COc1cc(NC(=O)[C@H](CCCN=C(N)N)NC(=O)[C@H](CCCCN)NC(=O)[C@H](CCCCN)NC(=O)[C@@H](NC(=O)c2ccccc2)C(C)C)cc2ccccc12. The Morgan fingerprint density at radius 2 is 1.21 bits per heavy atom. The van der Waals surface area contributed by atoms with Gasteiger partial charge in [-0.2, -0.15) is 0 Å². The van der Waals surface area contributed by atoms with Crippen LogP contribution in [0.15, 0.2) is 71.7 Å². The Balaban J connectivity index is 1.84. The standard InChI is InChI=1S/C41H60N10O6/c1-26(2)35(51-36(52)27-14-5-4-6-15-27)40(56)50-32(19-10-12-22-43)39(55)48-31(18-9-11-21-42)38(54)49-33(20-13-23-46-41(44)45)37(53)47-29-24-28-16-7-8-17-30(28)34(25-29)57-3/h4-8,14-17,24-26,31-33,35H,9-13,18-23,42-43H2,1-3H3,(H,47,53)(H,48,55)(H,49,54)(H,50,56)(H,51,52)(H4,44,45,46)/t31-,32-,33-,35-/m0/s1. The van der Waals surface area contributed by atoms with E-state index < -0.39 is 53.7 Å². The molecule has 57 heavy (non-hydrogen) atoms. The maximum Gasteiger partial charge on any atom is 0.251 e. The van der Waals surface area contributed by atoms with E-state index in [2.05, 4.69) is 31.6 Å². The number of carbonyl (C=O) groups excluding carboxylic acids is 5. The molecule has 0 fully saturated rings. The Hall–Kier alpha value is -5.74. The first-order valence-corrected chi connectivity index (χ1v) is 19.5. The zero-order valence-corrected chi connectivity index (χ0v) is 33.2. The number of hydrogen-bond acceptors (Lipinski definition) is 9. The number of hydrogen-bond donors (Lipinski definition) is 9. The van der Waals surface area contributed by atoms with Crippen LogP contribution in [0.2, 0.25) is 0 Å². The Bertz CT molecular complexity index is 1800. The molecule has 0 spiro atoms. The number of methoxy groups -OCH3 is 1. The highest BCUT2D eigenvalue weighted by molar-refractivity contribution is 6.02. The van der Waals surface area contributed by atoms with Gasteiger partial charge in [0.25, 0.3) is 5.91 Å². The number of aliphatic imine (C=N–C) groups is 1. The molecule has 0 saturated carbocycles. The van der Waals surface area contributed by atoms with Crippen molar-refractivity contribution in [3.05, 3.63) is 72.3 Å². The van der Waals surface area contributed by atoms with Crippen LogP contribution >= 0.6 is 0 Å². The summed E-state index contributed by atoms with van der Waals surface area (Å²) in [6, 6.07) is 15.5. The van der Waals surface area contributed by atoms with E-state index in [1.54, 1.807) is 63.4 Å². The molecule has 13 N–H and O–H groups in total. The van der Waals surface area contributed by atoms with Crippen molar-refractivity contribution in [3.8, 4) is 5.75 Å². The van der Waals surface area contributed by atoms with Crippen LogP contribution in [0.1, 0.15) is 75.6 Å². The average Bonchev–Trinajstić information content (AvgIpc) is 3.19. The van der Waals surface area contributed by atoms with E-state index in [1.807, 2.05) is 24.3 Å². The third-order valence-electron chi connectivity index (χ3n) is 9.32. The molecule has 0 radical (unpaired) electrons. The van der Waals surface area contributed by atoms with Gasteiger partial charge in [0, 0.05) is 29.2 Å². The lowest BCUT2D eigenvalue weighted by atomic mass is 10.0. The minimum absolute atomic E-state index is 0.0997. The summed E-state index contributed by atoms with van der Waals surface area (Å²) >= 11 is 0. The predicted molar refractivity (Wildman–Crippen MR) is 223 cm³/mol. The number of nitrogens with one attached hydrogen (secondary N) is 5. The molecule has 16 nitrogen and oxygen atoms in total. The van der Waals surface area contributed by atoms with Crippen molar-refractivity contribution in [2.45, 2.75) is 89.4 Å². The normalized spacial score (nSPS) is 13.1. The lowest BCUT2D eigenvalue weighted by Crippen LogP contribution is -2.58. The van der Waals surface area contributed by atoms with E-state index in [4.69, 9.17) is 27.7 Å². The third kappa shape index (κ3) is 15.0. The minimum atomic E-state index is -1.08. The van der Waals surface area contributed by atoms with Crippen molar-refractivity contribution in [2.24, 2.45) is 33.8 Å². The number of nitrogens with zero attached hydrogens (tertiary/aromatic N) is 1. The number of amides is 5. The Kier molecular flexibility index (Phi) is 19.2. The number of guanidine groups is 1. The molecule has 3 aromatic rings. The first-order valence-electron chi connectivity index (χ1n) is 19.5. The molecule has 0 heterocycles. The molecule has 0 saturated heterocycles. The highest BCUT2D eigenvalue weighted by Gasteiger charge is 2.32. The second-order valence-electron chi connectivity index (χ2n) is 14.2. The average molecular weight is 789 g/mol. The fourth-order valence-corrected chi connectivity index (χ4v) is 6.20. The molecule has 0 aliphatic carbocycles. The lowest BCUT2D eigenvalue weighted by molar-refractivity contribution is -0.134. The minimum Gasteiger partial charge on any atom is -0.496 e. The second kappa shape index (κ2) is 24.0. The van der Waals surface area contributed by atoms with E-state index >= 15 is 0 Å². The molecule has 310 valence electrons. The number of unbranched alkanes of at least 4 members (excludes halogenated alkanes) is 2. The van der Waals surface area contributed by atoms with Gasteiger partial charge in [0.05, 0.1) is 7.11 Å². The molecule has 5 amide bonds. The molecule has 0 aromatic heterocycles. The molecule has 0 bridgehead atoms. The molecule has 0 aliphatic rings. The van der Waals surface area contributed by atoms with Crippen LogP contribution in [0.25, 0.3) is 10.8 Å². The van der Waals surface area contributed by atoms with Crippen LogP contribution in [-0.4, -0.2) is 86.4 Å². The number of rotatable bonds is 24. The summed E-state index contributed by atoms with van der Waals surface area (Å²) in [6.07, 6.45) is 3.16. The van der Waals surface area contributed by atoms with Crippen LogP contribution in [0.4, 0.5) is 5.69 Å². The highest BCUT2D eigenvalue weighted by Crippen LogP contribution is 2.30. The van der Waals surface area contributed by atoms with Gasteiger partial charge in [0.15, 0.2) is 5.96 Å². The van der Waals surface area contributed by atoms with E-state index in [9.17, 15) is 24.0 Å². The first kappa shape index (κ1) is 45.6. The van der Waals surface area contributed by atoms with E-state index in [-0.39, 0.29) is 37.7 Å². The maximum atomic E-state index is 14.0. The molecular formula is C41H60N10O6. The quantitative estimate of drug-likeness (QED) is 0.0362. The highest BCUT2D eigenvalue weighted by atomic mass is 16.5. The van der Waals surface area contributed by atoms with Gasteiger partial charge >= 0.3 is 0 Å². The number of nitrogens with two attached hydrogens (primary N) is 4. The van der Waals surface area contributed by atoms with Crippen molar-refractivity contribution in [2.75, 3.05) is 32.1 Å². The molecule has 0 aliphatic heterocycles. The van der Waals surface area contributed by atoms with Crippen molar-refractivity contribution < 1.29 is 28.7 Å². The fraction of sp³-hybridized carbons (Fsp3) is 0.463. The van der Waals surface area contributed by atoms with Crippen LogP contribution in [0, 0.1) is 5.92 Å². The van der Waals surface area contributed by atoms with Crippen LogP contribution in [0.5, 0.6) is 5.75 Å². The Morgan fingerprint density at radius 1 is 0.667 bits per heavy atom. The zero-order chi connectivity index (χ0) is 41.7. The van der Waals surface area contributed by atoms with Gasteiger partial charge < -0.3 is 54.3 Å². The number of anilines is 1. The summed E-state index contributed by atoms with van der Waals surface area (Å²) in [4.78, 5) is 72.5. The summed E-state index contributed by atoms with van der Waals surface area (Å²) < 4.78 is 5.57. The summed E-state index contributed by atoms with van der Waals surface area (Å²) in [7, 11) is 1.54.